The first-order chi connectivity index (χ1) is 21.2. The summed E-state index contributed by atoms with van der Waals surface area (Å²) in [6.45, 7) is 1.50. The highest BCUT2D eigenvalue weighted by Gasteiger charge is 2.36. The van der Waals surface area contributed by atoms with Crippen LogP contribution in [0.3, 0.4) is 0 Å². The van der Waals surface area contributed by atoms with E-state index in [2.05, 4.69) is 30.5 Å². The quantitative estimate of drug-likeness (QED) is 0.240. The minimum Gasteiger partial charge on any atom is -0.490 e. The highest BCUT2D eigenvalue weighted by atomic mass is 19.4. The lowest BCUT2D eigenvalue weighted by atomic mass is 10.1. The Balaban J connectivity index is 1.13. The van der Waals surface area contributed by atoms with Gasteiger partial charge in [0, 0.05) is 31.2 Å². The number of ether oxygens (including phenoxy) is 1. The average Bonchev–Trinajstić information content (AvgIpc) is 3.56. The van der Waals surface area contributed by atoms with Gasteiger partial charge in [0.05, 0.1) is 28.4 Å². The fourth-order valence-electron chi connectivity index (χ4n) is 5.55. The molecule has 0 bridgehead atoms. The maximum absolute atomic E-state index is 14.0. The molecule has 2 amide bonds. The fraction of sp³-hybridized carbons (Fsp3) is 0.345. The fourth-order valence-corrected chi connectivity index (χ4v) is 5.55. The molecule has 4 aromatic heterocycles. The highest BCUT2D eigenvalue weighted by Crippen LogP contribution is 2.41. The van der Waals surface area contributed by atoms with E-state index in [0.29, 0.717) is 52.4 Å². The van der Waals surface area contributed by atoms with Gasteiger partial charge >= 0.3 is 12.2 Å². The number of carbonyl (C=O) groups is 1. The number of aromatic nitrogens is 6. The standard InChI is InChI=1S/C29H29F3N10O2/c1-40-11-8-18(9-12-40)44-22-7-2-16(14-19(22)29(30,31)32)37-28(43)38-20-5-6-21(41-13-10-34-26(20)41)24-23-25(33)35-15-36-27(23)42(39-24)17-3-4-17/h2,5-7,10,13-15,17-18H,3-4,8-9,11-12H2,1H3,(H2,33,35,36)(H2,37,38,43). The number of piperidine rings is 1. The largest absolute Gasteiger partial charge is 0.490 e. The van der Waals surface area contributed by atoms with Gasteiger partial charge in [-0.05, 0) is 63.1 Å². The van der Waals surface area contributed by atoms with Crippen molar-refractivity contribution in [2.75, 3.05) is 36.5 Å². The molecule has 1 aliphatic carbocycles. The molecule has 0 unspecified atom stereocenters. The van der Waals surface area contributed by atoms with Gasteiger partial charge in [-0.2, -0.15) is 18.3 Å². The zero-order valence-electron chi connectivity index (χ0n) is 23.7. The molecule has 0 atom stereocenters. The second kappa shape index (κ2) is 10.7. The van der Waals surface area contributed by atoms with Crippen LogP contribution in [0.4, 0.5) is 35.2 Å². The number of pyridine rings is 1. The predicted octanol–water partition coefficient (Wildman–Crippen LogP) is 5.19. The number of nitrogen functional groups attached to an aromatic ring is 1. The number of nitrogens with one attached hydrogen (secondary N) is 2. The van der Waals surface area contributed by atoms with Gasteiger partial charge in [0.2, 0.25) is 0 Å². The number of urea groups is 1. The van der Waals surface area contributed by atoms with Crippen molar-refractivity contribution in [3.8, 4) is 17.1 Å². The van der Waals surface area contributed by atoms with Crippen LogP contribution in [0.2, 0.25) is 0 Å². The van der Waals surface area contributed by atoms with Crippen molar-refractivity contribution in [1.82, 2.24) is 34.0 Å². The summed E-state index contributed by atoms with van der Waals surface area (Å²) < 4.78 is 51.3. The third kappa shape index (κ3) is 5.23. The molecule has 15 heteroatoms. The Kier molecular flexibility index (Phi) is 6.76. The molecule has 1 saturated carbocycles. The van der Waals surface area contributed by atoms with Crippen LogP contribution < -0.4 is 21.1 Å². The minimum absolute atomic E-state index is 0.0332. The SMILES string of the molecule is CN1CCC(Oc2ccc(NC(=O)Nc3ccc(-c4nn(C5CC5)c5ncnc(N)c45)n4ccnc34)cc2C(F)(F)F)CC1. The Bertz CT molecular complexity index is 1870. The van der Waals surface area contributed by atoms with Crippen LogP contribution in [-0.2, 0) is 6.18 Å². The second-order valence-electron chi connectivity index (χ2n) is 11.1. The number of fused-ring (bicyclic) bond motifs is 2. The van der Waals surface area contributed by atoms with E-state index in [4.69, 9.17) is 15.6 Å². The van der Waals surface area contributed by atoms with Crippen molar-refractivity contribution in [2.45, 2.75) is 44.0 Å². The Hall–Kier alpha value is -4.92. The minimum atomic E-state index is -4.67. The Morgan fingerprint density at radius 1 is 1.02 bits per heavy atom. The van der Waals surface area contributed by atoms with Crippen molar-refractivity contribution < 1.29 is 22.7 Å². The molecule has 7 rings (SSSR count). The van der Waals surface area contributed by atoms with Crippen LogP contribution in [0.25, 0.3) is 28.1 Å². The number of nitrogens with zero attached hydrogens (tertiary/aromatic N) is 7. The summed E-state index contributed by atoms with van der Waals surface area (Å²) in [5.74, 6) is 0.0446. The normalized spacial score (nSPS) is 16.5. The molecule has 2 aliphatic rings. The third-order valence-corrected chi connectivity index (χ3v) is 7.95. The van der Waals surface area contributed by atoms with Crippen LogP contribution in [0.1, 0.15) is 37.3 Å². The zero-order valence-corrected chi connectivity index (χ0v) is 23.7. The number of likely N-dealkylation sites (tertiary alicyclic amines) is 1. The van der Waals surface area contributed by atoms with Gasteiger partial charge in [-0.25, -0.2) is 24.4 Å². The van der Waals surface area contributed by atoms with Crippen LogP contribution in [-0.4, -0.2) is 66.3 Å². The Morgan fingerprint density at radius 2 is 1.82 bits per heavy atom. The van der Waals surface area contributed by atoms with Gasteiger partial charge in [-0.15, -0.1) is 0 Å². The number of anilines is 3. The summed E-state index contributed by atoms with van der Waals surface area (Å²) >= 11 is 0. The number of amides is 2. The number of rotatable bonds is 6. The molecule has 1 aromatic carbocycles. The summed E-state index contributed by atoms with van der Waals surface area (Å²) in [6, 6.07) is 6.44. The van der Waals surface area contributed by atoms with Crippen molar-refractivity contribution in [3.63, 3.8) is 0 Å². The van der Waals surface area contributed by atoms with E-state index in [1.54, 1.807) is 28.9 Å². The molecule has 0 radical (unpaired) electrons. The average molecular weight is 607 g/mol. The number of carbonyl (C=O) groups excluding carboxylic acids is 1. The van der Waals surface area contributed by atoms with E-state index in [0.717, 1.165) is 32.0 Å². The van der Waals surface area contributed by atoms with E-state index in [1.807, 2.05) is 11.7 Å². The highest BCUT2D eigenvalue weighted by molar-refractivity contribution is 6.03. The van der Waals surface area contributed by atoms with Crippen molar-refractivity contribution >= 4 is 39.9 Å². The number of benzene rings is 1. The van der Waals surface area contributed by atoms with Crippen LogP contribution >= 0.6 is 0 Å². The summed E-state index contributed by atoms with van der Waals surface area (Å²) in [5.41, 5.74) is 7.88. The molecule has 12 nitrogen and oxygen atoms in total. The molecular formula is C29H29F3N10O2. The molecule has 1 saturated heterocycles. The van der Waals surface area contributed by atoms with Crippen molar-refractivity contribution in [2.24, 2.45) is 0 Å². The van der Waals surface area contributed by atoms with E-state index < -0.39 is 17.8 Å². The van der Waals surface area contributed by atoms with Gasteiger partial charge in [-0.1, -0.05) is 0 Å². The molecule has 228 valence electrons. The molecule has 0 spiro atoms. The van der Waals surface area contributed by atoms with E-state index >= 15 is 0 Å². The van der Waals surface area contributed by atoms with E-state index in [-0.39, 0.29) is 23.6 Å². The summed E-state index contributed by atoms with van der Waals surface area (Å²) in [4.78, 5) is 28.0. The molecule has 4 N–H and O–H groups in total. The molecule has 5 heterocycles. The first kappa shape index (κ1) is 27.9. The van der Waals surface area contributed by atoms with Crippen molar-refractivity contribution in [3.05, 3.63) is 54.6 Å². The molecule has 5 aromatic rings. The third-order valence-electron chi connectivity index (χ3n) is 7.95. The van der Waals surface area contributed by atoms with Crippen LogP contribution in [0.5, 0.6) is 5.75 Å². The lowest BCUT2D eigenvalue weighted by Gasteiger charge is -2.30. The summed E-state index contributed by atoms with van der Waals surface area (Å²) in [7, 11) is 1.96. The monoisotopic (exact) mass is 606 g/mol. The summed E-state index contributed by atoms with van der Waals surface area (Å²) in [6.07, 6.45) is 2.99. The van der Waals surface area contributed by atoms with Gasteiger partial charge in [-0.3, -0.25) is 4.40 Å². The van der Waals surface area contributed by atoms with Crippen LogP contribution in [0, 0.1) is 0 Å². The van der Waals surface area contributed by atoms with Gasteiger partial charge in [0.25, 0.3) is 0 Å². The number of imidazole rings is 1. The van der Waals surface area contributed by atoms with Gasteiger partial charge < -0.3 is 26.0 Å². The van der Waals surface area contributed by atoms with Crippen molar-refractivity contribution in [1.29, 1.82) is 0 Å². The maximum atomic E-state index is 14.0. The Labute approximate surface area is 249 Å². The smallest absolute Gasteiger partial charge is 0.420 e. The number of alkyl halides is 3. The number of hydrogen-bond donors (Lipinski definition) is 3. The lowest BCUT2D eigenvalue weighted by Crippen LogP contribution is -2.36. The number of halogens is 3. The number of hydrogen-bond acceptors (Lipinski definition) is 8. The van der Waals surface area contributed by atoms with E-state index in [9.17, 15) is 18.0 Å². The second-order valence-corrected chi connectivity index (χ2v) is 11.1. The zero-order chi connectivity index (χ0) is 30.6. The first-order valence-electron chi connectivity index (χ1n) is 14.3. The molecular weight excluding hydrogens is 577 g/mol. The molecule has 44 heavy (non-hydrogen) atoms. The number of nitrogens with two attached hydrogens (primary N) is 1. The first-order valence-corrected chi connectivity index (χ1v) is 14.3. The van der Waals surface area contributed by atoms with Gasteiger partial charge in [0.15, 0.2) is 11.3 Å². The Morgan fingerprint density at radius 3 is 2.57 bits per heavy atom. The molecule has 2 fully saturated rings. The molecule has 1 aliphatic heterocycles. The lowest BCUT2D eigenvalue weighted by molar-refractivity contribution is -0.139. The topological polar surface area (TPSA) is 141 Å². The summed E-state index contributed by atoms with van der Waals surface area (Å²) in [5, 5.41) is 10.6. The predicted molar refractivity (Wildman–Crippen MR) is 157 cm³/mol. The maximum Gasteiger partial charge on any atom is 0.420 e. The van der Waals surface area contributed by atoms with Crippen LogP contribution in [0.15, 0.2) is 49.1 Å². The van der Waals surface area contributed by atoms with E-state index in [1.165, 1.54) is 18.5 Å². The van der Waals surface area contributed by atoms with Gasteiger partial charge in [0.1, 0.15) is 29.7 Å².